The number of thiazole rings is 1. The fraction of sp³-hybridized carbons (Fsp3) is 0.400. The normalized spacial score (nSPS) is 21.7. The maximum atomic E-state index is 14.9. The summed E-state index contributed by atoms with van der Waals surface area (Å²) in [7, 11) is -2.67. The highest BCUT2D eigenvalue weighted by molar-refractivity contribution is 7.93. The minimum Gasteiger partial charge on any atom is -0.497 e. The molecule has 0 amide bonds. The summed E-state index contributed by atoms with van der Waals surface area (Å²) in [6.07, 6.45) is 4.99. The van der Waals surface area contributed by atoms with Crippen LogP contribution in [0.3, 0.4) is 0 Å². The SMILES string of the molecule is COc1ccc(C[C@H]2CN3CCC[C@@]3(CNc3cc(F)c(S(=O)(=O)Nc4ncc(F)s4)cc3Cl)C2)cc1. The first-order valence-electron chi connectivity index (χ1n) is 11.9. The van der Waals surface area contributed by atoms with Crippen molar-refractivity contribution in [3.8, 4) is 5.75 Å². The molecule has 1 aromatic heterocycles. The smallest absolute Gasteiger partial charge is 0.266 e. The van der Waals surface area contributed by atoms with Crippen molar-refractivity contribution in [1.82, 2.24) is 9.88 Å². The fourth-order valence-corrected chi connectivity index (χ4v) is 7.70. The monoisotopic (exact) mass is 568 g/mol. The second kappa shape index (κ2) is 10.4. The molecule has 7 nitrogen and oxygen atoms in total. The Bertz CT molecular complexity index is 1390. The molecule has 0 radical (unpaired) electrons. The molecule has 2 N–H and O–H groups in total. The Morgan fingerprint density at radius 2 is 2.05 bits per heavy atom. The van der Waals surface area contributed by atoms with Crippen LogP contribution in [-0.4, -0.2) is 50.6 Å². The van der Waals surface area contributed by atoms with Crippen LogP contribution in [0.15, 0.2) is 47.5 Å². The molecule has 3 heterocycles. The van der Waals surface area contributed by atoms with Crippen molar-refractivity contribution >= 4 is 43.8 Å². The van der Waals surface area contributed by atoms with Crippen LogP contribution >= 0.6 is 22.9 Å². The van der Waals surface area contributed by atoms with Crippen molar-refractivity contribution in [2.75, 3.05) is 36.8 Å². The first-order chi connectivity index (χ1) is 17.7. The van der Waals surface area contributed by atoms with Crippen LogP contribution in [-0.2, 0) is 16.4 Å². The van der Waals surface area contributed by atoms with E-state index in [1.54, 1.807) is 7.11 Å². The molecule has 0 spiro atoms. The number of fused-ring (bicyclic) bond motifs is 1. The van der Waals surface area contributed by atoms with Gasteiger partial charge in [-0.05, 0) is 68.0 Å². The van der Waals surface area contributed by atoms with Gasteiger partial charge in [0.1, 0.15) is 16.5 Å². The molecule has 37 heavy (non-hydrogen) atoms. The zero-order valence-electron chi connectivity index (χ0n) is 20.1. The Hall–Kier alpha value is -2.47. The number of ether oxygens (including phenoxy) is 1. The van der Waals surface area contributed by atoms with E-state index in [0.717, 1.165) is 62.9 Å². The molecule has 198 valence electrons. The number of nitrogens with one attached hydrogen (secondary N) is 2. The summed E-state index contributed by atoms with van der Waals surface area (Å²) < 4.78 is 60.7. The van der Waals surface area contributed by atoms with Gasteiger partial charge in [0.2, 0.25) is 0 Å². The average Bonchev–Trinajstić information content (AvgIpc) is 3.53. The van der Waals surface area contributed by atoms with Crippen LogP contribution in [0.4, 0.5) is 19.6 Å². The van der Waals surface area contributed by atoms with E-state index in [-0.39, 0.29) is 15.7 Å². The molecule has 2 aliphatic heterocycles. The van der Waals surface area contributed by atoms with Gasteiger partial charge in [0.15, 0.2) is 10.3 Å². The average molecular weight is 569 g/mol. The molecule has 0 aliphatic carbocycles. The molecule has 2 aliphatic rings. The number of hydrogen-bond acceptors (Lipinski definition) is 7. The summed E-state index contributed by atoms with van der Waals surface area (Å²) in [6, 6.07) is 10.3. The van der Waals surface area contributed by atoms with Gasteiger partial charge in [-0.3, -0.25) is 9.62 Å². The molecular formula is C25H27ClF2N4O3S2. The van der Waals surface area contributed by atoms with Gasteiger partial charge in [0, 0.05) is 18.6 Å². The van der Waals surface area contributed by atoms with Gasteiger partial charge >= 0.3 is 0 Å². The minimum atomic E-state index is -4.33. The number of sulfonamides is 1. The third kappa shape index (κ3) is 5.55. The Balaban J connectivity index is 1.27. The van der Waals surface area contributed by atoms with Crippen LogP contribution in [0.5, 0.6) is 5.75 Å². The lowest BCUT2D eigenvalue weighted by molar-refractivity contribution is 0.209. The molecule has 12 heteroatoms. The summed E-state index contributed by atoms with van der Waals surface area (Å²) in [6.45, 7) is 2.59. The quantitative estimate of drug-likeness (QED) is 0.360. The largest absolute Gasteiger partial charge is 0.497 e. The van der Waals surface area contributed by atoms with Crippen molar-refractivity contribution in [3.63, 3.8) is 0 Å². The van der Waals surface area contributed by atoms with Gasteiger partial charge in [-0.15, -0.1) is 0 Å². The predicted octanol–water partition coefficient (Wildman–Crippen LogP) is 5.39. The number of hydrogen-bond donors (Lipinski definition) is 2. The van der Waals surface area contributed by atoms with Crippen molar-refractivity contribution in [1.29, 1.82) is 0 Å². The molecule has 3 aromatic rings. The number of nitrogens with zero attached hydrogens (tertiary/aromatic N) is 2. The van der Waals surface area contributed by atoms with E-state index in [2.05, 4.69) is 32.1 Å². The number of benzene rings is 2. The topological polar surface area (TPSA) is 83.6 Å². The number of methoxy groups -OCH3 is 1. The van der Waals surface area contributed by atoms with E-state index in [4.69, 9.17) is 16.3 Å². The van der Waals surface area contributed by atoms with Gasteiger partial charge in [-0.25, -0.2) is 17.8 Å². The van der Waals surface area contributed by atoms with E-state index in [9.17, 15) is 17.2 Å². The van der Waals surface area contributed by atoms with Crippen molar-refractivity contribution in [3.05, 3.63) is 64.1 Å². The highest BCUT2D eigenvalue weighted by Gasteiger charge is 2.48. The summed E-state index contributed by atoms with van der Waals surface area (Å²) >= 11 is 6.89. The van der Waals surface area contributed by atoms with Crippen LogP contribution in [0.25, 0.3) is 0 Å². The molecule has 2 atom stereocenters. The van der Waals surface area contributed by atoms with Crippen molar-refractivity contribution in [2.45, 2.75) is 36.1 Å². The summed E-state index contributed by atoms with van der Waals surface area (Å²) in [4.78, 5) is 5.50. The van der Waals surface area contributed by atoms with Crippen LogP contribution in [0.1, 0.15) is 24.8 Å². The van der Waals surface area contributed by atoms with Crippen molar-refractivity contribution < 1.29 is 21.9 Å². The van der Waals surface area contributed by atoms with Crippen molar-refractivity contribution in [2.24, 2.45) is 5.92 Å². The summed E-state index contributed by atoms with van der Waals surface area (Å²) in [5.41, 5.74) is 1.54. The Morgan fingerprint density at radius 3 is 2.76 bits per heavy atom. The van der Waals surface area contributed by atoms with Crippen LogP contribution in [0.2, 0.25) is 5.02 Å². The second-order valence-electron chi connectivity index (χ2n) is 9.59. The lowest BCUT2D eigenvalue weighted by Crippen LogP contribution is -2.44. The van der Waals surface area contributed by atoms with Gasteiger partial charge in [0.05, 0.1) is 24.0 Å². The van der Waals surface area contributed by atoms with E-state index < -0.39 is 25.9 Å². The lowest BCUT2D eigenvalue weighted by Gasteiger charge is -2.32. The standard InChI is InChI=1S/C25H27ClF2N4O3S2/c1-35-18-5-3-16(4-6-18)9-17-12-25(7-2-8-32(25)14-17)15-30-21-11-20(27)22(10-19(21)26)37(33,34)31-24-29-13-23(28)36-24/h3-6,10-11,13,17,30H,2,7-9,12,14-15H2,1H3,(H,29,31)/t17-,25+/m1/s1. The third-order valence-electron chi connectivity index (χ3n) is 7.19. The predicted molar refractivity (Wildman–Crippen MR) is 141 cm³/mol. The minimum absolute atomic E-state index is 0.0574. The molecule has 0 saturated carbocycles. The number of halogens is 3. The highest BCUT2D eigenvalue weighted by Crippen LogP contribution is 2.43. The maximum absolute atomic E-state index is 14.9. The van der Waals surface area contributed by atoms with E-state index in [1.807, 2.05) is 12.1 Å². The van der Waals surface area contributed by atoms with Gasteiger partial charge < -0.3 is 10.1 Å². The van der Waals surface area contributed by atoms with Gasteiger partial charge in [-0.1, -0.05) is 35.1 Å². The maximum Gasteiger partial charge on any atom is 0.266 e. The molecule has 0 unspecified atom stereocenters. The Morgan fingerprint density at radius 1 is 1.27 bits per heavy atom. The molecule has 2 saturated heterocycles. The zero-order chi connectivity index (χ0) is 26.2. The summed E-state index contributed by atoms with van der Waals surface area (Å²) in [5.74, 6) is 0.380. The fourth-order valence-electron chi connectivity index (χ4n) is 5.53. The number of rotatable bonds is 9. The Kier molecular flexibility index (Phi) is 7.32. The van der Waals surface area contributed by atoms with E-state index in [1.165, 1.54) is 5.56 Å². The first kappa shape index (κ1) is 26.1. The molecular weight excluding hydrogens is 542 g/mol. The number of anilines is 2. The second-order valence-corrected chi connectivity index (χ2v) is 12.6. The molecule has 0 bridgehead atoms. The molecule has 2 fully saturated rings. The van der Waals surface area contributed by atoms with E-state index >= 15 is 0 Å². The molecule has 2 aromatic carbocycles. The summed E-state index contributed by atoms with van der Waals surface area (Å²) in [5, 5.41) is 2.52. The zero-order valence-corrected chi connectivity index (χ0v) is 22.5. The first-order valence-corrected chi connectivity index (χ1v) is 14.6. The molecule has 5 rings (SSSR count). The highest BCUT2D eigenvalue weighted by atomic mass is 35.5. The lowest BCUT2D eigenvalue weighted by atomic mass is 9.87. The third-order valence-corrected chi connectivity index (χ3v) is 9.69. The van der Waals surface area contributed by atoms with Gasteiger partial charge in [-0.2, -0.15) is 4.39 Å². The van der Waals surface area contributed by atoms with E-state index in [0.29, 0.717) is 29.5 Å². The Labute approximate surface area is 223 Å². The van der Waals surface area contributed by atoms with Crippen LogP contribution < -0.4 is 14.8 Å². The number of aromatic nitrogens is 1. The van der Waals surface area contributed by atoms with Gasteiger partial charge in [0.25, 0.3) is 10.0 Å². The van der Waals surface area contributed by atoms with Crippen LogP contribution in [0, 0.1) is 16.9 Å².